The van der Waals surface area contributed by atoms with Gasteiger partial charge in [-0.2, -0.15) is 0 Å². The molecule has 0 radical (unpaired) electrons. The number of carbonyl (C=O) groups is 1. The van der Waals surface area contributed by atoms with E-state index in [1.54, 1.807) is 11.3 Å². The van der Waals surface area contributed by atoms with Crippen molar-refractivity contribution in [1.29, 1.82) is 0 Å². The molecule has 0 saturated carbocycles. The maximum atomic E-state index is 11.6. The van der Waals surface area contributed by atoms with E-state index >= 15 is 0 Å². The predicted octanol–water partition coefficient (Wildman–Crippen LogP) is 4.73. The maximum Gasteiger partial charge on any atom is 0.308 e. The van der Waals surface area contributed by atoms with Crippen LogP contribution in [0.2, 0.25) is 0 Å². The Kier molecular flexibility index (Phi) is 8.28. The monoisotopic (exact) mass is 553 g/mol. The van der Waals surface area contributed by atoms with Crippen LogP contribution in [0.4, 0.5) is 5.13 Å². The number of hydrogen-bond donors (Lipinski definition) is 1. The van der Waals surface area contributed by atoms with Gasteiger partial charge in [0.05, 0.1) is 11.6 Å². The summed E-state index contributed by atoms with van der Waals surface area (Å²) in [6.45, 7) is 10.5. The van der Waals surface area contributed by atoms with E-state index in [1.807, 2.05) is 24.4 Å². The summed E-state index contributed by atoms with van der Waals surface area (Å²) in [5, 5.41) is 12.4. The topological polar surface area (TPSA) is 89.0 Å². The van der Waals surface area contributed by atoms with Crippen LogP contribution >= 0.6 is 11.3 Å². The molecule has 7 nitrogen and oxygen atoms in total. The van der Waals surface area contributed by atoms with Crippen LogP contribution in [0, 0.1) is 25.7 Å². The summed E-state index contributed by atoms with van der Waals surface area (Å²) in [6, 6.07) is 12.7. The SMILES string of the molecule is Cc1ccc(OCc2ccc(CN3CC[S+]([O-])CC3)cc2C)c(-c2csc(N3CC(C(=O)O)[C@H](C)C3)n2)c1. The lowest BCUT2D eigenvalue weighted by atomic mass is 9.99. The largest absolute Gasteiger partial charge is 0.616 e. The molecule has 38 heavy (non-hydrogen) atoms. The Morgan fingerprint density at radius 2 is 1.97 bits per heavy atom. The standard InChI is InChI=1S/C29H35N3O4S2/c1-19-4-7-27(24(12-19)26-18-37-29(30-26)32-14-21(3)25(16-32)28(33)34)36-17-23-6-5-22(13-20(23)2)15-31-8-10-38(35)11-9-31/h4-7,12-13,18,21,25H,8-11,14-17H2,1-3H3,(H,33,34)/t21-,25?/m1/s1. The number of rotatable bonds is 8. The fraction of sp³-hybridized carbons (Fsp3) is 0.448. The van der Waals surface area contributed by atoms with Gasteiger partial charge >= 0.3 is 5.97 Å². The molecule has 1 aromatic heterocycles. The second-order valence-corrected chi connectivity index (χ2v) is 13.0. The van der Waals surface area contributed by atoms with Crippen LogP contribution in [0.1, 0.15) is 29.2 Å². The maximum absolute atomic E-state index is 11.6. The van der Waals surface area contributed by atoms with Crippen molar-refractivity contribution in [2.45, 2.75) is 33.9 Å². The van der Waals surface area contributed by atoms with Crippen molar-refractivity contribution in [3.8, 4) is 17.0 Å². The van der Waals surface area contributed by atoms with Crippen LogP contribution in [-0.2, 0) is 29.1 Å². The fourth-order valence-corrected chi connectivity index (χ4v) is 7.19. The average molecular weight is 554 g/mol. The van der Waals surface area contributed by atoms with Crippen LogP contribution in [0.5, 0.6) is 5.75 Å². The number of aryl methyl sites for hydroxylation is 2. The van der Waals surface area contributed by atoms with Gasteiger partial charge in [0, 0.05) is 43.7 Å². The van der Waals surface area contributed by atoms with E-state index in [9.17, 15) is 14.5 Å². The van der Waals surface area contributed by atoms with Gasteiger partial charge in [0.15, 0.2) is 5.13 Å². The Morgan fingerprint density at radius 1 is 1.18 bits per heavy atom. The van der Waals surface area contributed by atoms with Gasteiger partial charge in [0.25, 0.3) is 0 Å². The van der Waals surface area contributed by atoms with Crippen molar-refractivity contribution in [2.24, 2.45) is 11.8 Å². The minimum absolute atomic E-state index is 0.0951. The van der Waals surface area contributed by atoms with E-state index in [0.717, 1.165) is 64.4 Å². The van der Waals surface area contributed by atoms with Gasteiger partial charge in [-0.3, -0.25) is 9.69 Å². The molecule has 2 aliphatic heterocycles. The number of nitrogens with zero attached hydrogens (tertiary/aromatic N) is 3. The summed E-state index contributed by atoms with van der Waals surface area (Å²) in [5.74, 6) is 1.32. The first kappa shape index (κ1) is 27.0. The molecule has 1 unspecified atom stereocenters. The average Bonchev–Trinajstić information content (AvgIpc) is 3.53. The van der Waals surface area contributed by atoms with E-state index in [0.29, 0.717) is 19.7 Å². The molecule has 9 heteroatoms. The van der Waals surface area contributed by atoms with E-state index < -0.39 is 17.1 Å². The molecule has 1 N–H and O–H groups in total. The Hall–Kier alpha value is -2.59. The first-order valence-corrected chi connectivity index (χ1v) is 15.5. The van der Waals surface area contributed by atoms with E-state index in [1.165, 1.54) is 11.1 Å². The van der Waals surface area contributed by atoms with Crippen LogP contribution < -0.4 is 9.64 Å². The van der Waals surface area contributed by atoms with Crippen LogP contribution in [0.15, 0.2) is 41.8 Å². The van der Waals surface area contributed by atoms with Crippen molar-refractivity contribution in [3.05, 3.63) is 64.0 Å². The molecule has 0 spiro atoms. The van der Waals surface area contributed by atoms with E-state index in [4.69, 9.17) is 9.72 Å². The first-order chi connectivity index (χ1) is 18.3. The Morgan fingerprint density at radius 3 is 2.68 bits per heavy atom. The van der Waals surface area contributed by atoms with Crippen LogP contribution in [-0.4, -0.2) is 63.2 Å². The highest BCUT2D eigenvalue weighted by Crippen LogP contribution is 2.37. The Labute approximate surface area is 231 Å². The summed E-state index contributed by atoms with van der Waals surface area (Å²) in [6.07, 6.45) is 0. The fourth-order valence-electron chi connectivity index (χ4n) is 5.21. The zero-order chi connectivity index (χ0) is 26.8. The van der Waals surface area contributed by atoms with Gasteiger partial charge in [-0.15, -0.1) is 11.3 Å². The number of benzene rings is 2. The highest BCUT2D eigenvalue weighted by Gasteiger charge is 2.36. The predicted molar refractivity (Wildman–Crippen MR) is 153 cm³/mol. The van der Waals surface area contributed by atoms with Crippen molar-refractivity contribution in [1.82, 2.24) is 9.88 Å². The van der Waals surface area contributed by atoms with Gasteiger partial charge in [0.1, 0.15) is 23.9 Å². The van der Waals surface area contributed by atoms with Gasteiger partial charge in [-0.05, 0) is 48.6 Å². The molecule has 3 heterocycles. The van der Waals surface area contributed by atoms with Crippen LogP contribution in [0.3, 0.4) is 0 Å². The van der Waals surface area contributed by atoms with Gasteiger partial charge in [-0.1, -0.05) is 47.9 Å². The molecule has 0 amide bonds. The molecule has 2 atom stereocenters. The summed E-state index contributed by atoms with van der Waals surface area (Å²) in [5.41, 5.74) is 6.54. The second-order valence-electron chi connectivity index (χ2n) is 10.5. The molecular formula is C29H35N3O4S2. The third-order valence-electron chi connectivity index (χ3n) is 7.57. The quantitative estimate of drug-likeness (QED) is 0.404. The van der Waals surface area contributed by atoms with Crippen LogP contribution in [0.25, 0.3) is 11.3 Å². The summed E-state index contributed by atoms with van der Waals surface area (Å²) >= 11 is 0.895. The van der Waals surface area contributed by atoms with Crippen molar-refractivity contribution < 1.29 is 19.2 Å². The van der Waals surface area contributed by atoms with Crippen molar-refractivity contribution in [3.63, 3.8) is 0 Å². The smallest absolute Gasteiger partial charge is 0.308 e. The zero-order valence-electron chi connectivity index (χ0n) is 22.2. The lowest BCUT2D eigenvalue weighted by Crippen LogP contribution is -2.39. The van der Waals surface area contributed by atoms with E-state index in [2.05, 4.69) is 47.9 Å². The minimum atomic E-state index is -0.737. The molecule has 0 aliphatic carbocycles. The molecule has 2 fully saturated rings. The second kappa shape index (κ2) is 11.7. The normalized spacial score (nSPS) is 20.7. The third-order valence-corrected chi connectivity index (χ3v) is 9.75. The van der Waals surface area contributed by atoms with Gasteiger partial charge in [0.2, 0.25) is 0 Å². The summed E-state index contributed by atoms with van der Waals surface area (Å²) in [7, 11) is 0. The molecular weight excluding hydrogens is 518 g/mol. The summed E-state index contributed by atoms with van der Waals surface area (Å²) < 4.78 is 18.0. The molecule has 0 bridgehead atoms. The number of carboxylic acid groups (broad SMARTS) is 1. The molecule has 2 aliphatic rings. The minimum Gasteiger partial charge on any atom is -0.616 e. The van der Waals surface area contributed by atoms with Gasteiger partial charge < -0.3 is 19.3 Å². The summed E-state index contributed by atoms with van der Waals surface area (Å²) in [4.78, 5) is 20.9. The number of carboxylic acids is 1. The zero-order valence-corrected chi connectivity index (χ0v) is 23.8. The van der Waals surface area contributed by atoms with E-state index in [-0.39, 0.29) is 11.8 Å². The number of hydrogen-bond acceptors (Lipinski definition) is 7. The lowest BCUT2D eigenvalue weighted by molar-refractivity contribution is -0.142. The molecule has 2 saturated heterocycles. The molecule has 2 aromatic carbocycles. The Bertz CT molecular complexity index is 1290. The molecule has 5 rings (SSSR count). The van der Waals surface area contributed by atoms with Gasteiger partial charge in [-0.25, -0.2) is 4.98 Å². The number of thiazole rings is 1. The molecule has 3 aromatic rings. The number of aliphatic carboxylic acids is 1. The highest BCUT2D eigenvalue weighted by atomic mass is 32.2. The number of aromatic nitrogens is 1. The molecule has 202 valence electrons. The lowest BCUT2D eigenvalue weighted by Gasteiger charge is -2.28. The number of anilines is 1. The van der Waals surface area contributed by atoms with Crippen molar-refractivity contribution in [2.75, 3.05) is 42.6 Å². The highest BCUT2D eigenvalue weighted by molar-refractivity contribution is 7.91. The number of ether oxygens (including phenoxy) is 1. The Balaban J connectivity index is 1.27. The first-order valence-electron chi connectivity index (χ1n) is 13.1. The third kappa shape index (κ3) is 6.17. The van der Waals surface area contributed by atoms with Crippen molar-refractivity contribution >= 4 is 33.6 Å².